The molecule has 0 N–H and O–H groups in total. The number of allylic oxidation sites excluding steroid dienone is 2. The number of benzene rings is 2. The number of nitrogens with zero attached hydrogens (tertiary/aromatic N) is 1. The summed E-state index contributed by atoms with van der Waals surface area (Å²) in [5.41, 5.74) is 5.14. The van der Waals surface area contributed by atoms with Gasteiger partial charge in [-0.05, 0) is 30.5 Å². The zero-order valence-corrected chi connectivity index (χ0v) is 15.6. The van der Waals surface area contributed by atoms with E-state index in [1.54, 1.807) is 0 Å². The van der Waals surface area contributed by atoms with Crippen LogP contribution in [0.3, 0.4) is 0 Å². The molecule has 0 bridgehead atoms. The minimum absolute atomic E-state index is 0.0807. The molecule has 0 unspecified atom stereocenters. The predicted octanol–water partition coefficient (Wildman–Crippen LogP) is 4.86. The summed E-state index contributed by atoms with van der Waals surface area (Å²) in [6.45, 7) is 0. The highest BCUT2D eigenvalue weighted by Crippen LogP contribution is 2.48. The van der Waals surface area contributed by atoms with Crippen molar-refractivity contribution in [3.8, 4) is 0 Å². The monoisotopic (exact) mass is 405 g/mol. The summed E-state index contributed by atoms with van der Waals surface area (Å²) in [5.74, 6) is -0.407. The summed E-state index contributed by atoms with van der Waals surface area (Å²) in [6, 6.07) is 15.7. The molecular formula is C22H16BrNO2. The summed E-state index contributed by atoms with van der Waals surface area (Å²) in [5, 5.41) is 0. The number of hydrogen-bond donors (Lipinski definition) is 0. The normalized spacial score (nSPS) is 24.1. The van der Waals surface area contributed by atoms with Crippen molar-refractivity contribution in [3.05, 3.63) is 81.0 Å². The van der Waals surface area contributed by atoms with E-state index in [0.29, 0.717) is 6.42 Å². The second kappa shape index (κ2) is 5.85. The van der Waals surface area contributed by atoms with E-state index in [2.05, 4.69) is 15.9 Å². The van der Waals surface area contributed by atoms with E-state index >= 15 is 0 Å². The fourth-order valence-corrected chi connectivity index (χ4v) is 4.74. The molecule has 2 aromatic rings. The van der Waals surface area contributed by atoms with Crippen LogP contribution >= 0.6 is 15.9 Å². The Balaban J connectivity index is 1.76. The molecule has 0 saturated carbocycles. The van der Waals surface area contributed by atoms with Gasteiger partial charge in [-0.1, -0.05) is 52.3 Å². The van der Waals surface area contributed by atoms with Gasteiger partial charge < -0.3 is 0 Å². The maximum absolute atomic E-state index is 13.2. The summed E-state index contributed by atoms with van der Waals surface area (Å²) in [7, 11) is 0. The molecule has 1 aliphatic heterocycles. The molecule has 4 heteroatoms. The second-order valence-corrected chi connectivity index (χ2v) is 7.97. The molecule has 0 fully saturated rings. The molecule has 2 aromatic carbocycles. The Kier molecular flexibility index (Phi) is 3.57. The molecule has 5 rings (SSSR count). The molecule has 0 radical (unpaired) electrons. The van der Waals surface area contributed by atoms with Crippen LogP contribution in [0.2, 0.25) is 0 Å². The van der Waals surface area contributed by atoms with Crippen molar-refractivity contribution in [1.29, 1.82) is 0 Å². The quantitative estimate of drug-likeness (QED) is 0.680. The highest BCUT2D eigenvalue weighted by atomic mass is 79.9. The van der Waals surface area contributed by atoms with E-state index < -0.39 is 5.92 Å². The first-order chi connectivity index (χ1) is 12.6. The van der Waals surface area contributed by atoms with E-state index in [1.165, 1.54) is 0 Å². The summed E-state index contributed by atoms with van der Waals surface area (Å²) < 4.78 is 0.983. The smallest absolute Gasteiger partial charge is 0.173 e. The maximum atomic E-state index is 13.2. The van der Waals surface area contributed by atoms with Crippen LogP contribution in [-0.4, -0.2) is 17.3 Å². The first-order valence-corrected chi connectivity index (χ1v) is 9.68. The fourth-order valence-electron chi connectivity index (χ4n) is 4.48. The topological polar surface area (TPSA) is 46.5 Å². The van der Waals surface area contributed by atoms with Gasteiger partial charge in [0.15, 0.2) is 11.6 Å². The molecule has 3 nitrogen and oxygen atoms in total. The Bertz CT molecular complexity index is 1020. The molecule has 1 heterocycles. The zero-order chi connectivity index (χ0) is 17.8. The third-order valence-corrected chi connectivity index (χ3v) is 6.13. The molecule has 0 aromatic heterocycles. The first-order valence-electron chi connectivity index (χ1n) is 8.89. The lowest BCUT2D eigenvalue weighted by atomic mass is 9.71. The number of fused-ring (bicyclic) bond motifs is 3. The van der Waals surface area contributed by atoms with Gasteiger partial charge in [0.25, 0.3) is 0 Å². The molecule has 0 spiro atoms. The standard InChI is InChI=1S/C22H16BrNO2/c23-13-10-8-12(9-11-13)18-19-16(6-3-7-17(19)25)24-21-14-4-1-2-5-15(14)22(26)20(18)21/h1-2,4-5,8-11,18,20H,3,6-7H2/t18-,20+/m0/s1. The van der Waals surface area contributed by atoms with Crippen LogP contribution in [0.25, 0.3) is 0 Å². The van der Waals surface area contributed by atoms with Crippen molar-refractivity contribution in [1.82, 2.24) is 0 Å². The average Bonchev–Trinajstić information content (AvgIpc) is 2.94. The Morgan fingerprint density at radius 2 is 1.62 bits per heavy atom. The number of carbonyl (C=O) groups excluding carboxylic acids is 2. The number of rotatable bonds is 1. The van der Waals surface area contributed by atoms with Gasteiger partial charge in [-0.3, -0.25) is 14.6 Å². The number of carbonyl (C=O) groups is 2. The summed E-state index contributed by atoms with van der Waals surface area (Å²) in [4.78, 5) is 30.9. The highest BCUT2D eigenvalue weighted by Gasteiger charge is 2.48. The third kappa shape index (κ3) is 2.21. The molecule has 0 saturated heterocycles. The van der Waals surface area contributed by atoms with Gasteiger partial charge in [0.1, 0.15) is 0 Å². The second-order valence-electron chi connectivity index (χ2n) is 7.05. The number of aliphatic imine (C=N–C) groups is 1. The Labute approximate surface area is 160 Å². The van der Waals surface area contributed by atoms with Crippen LogP contribution < -0.4 is 0 Å². The van der Waals surface area contributed by atoms with E-state index in [-0.39, 0.29) is 17.5 Å². The molecule has 3 aliphatic rings. The minimum atomic E-state index is -0.394. The molecule has 2 atom stereocenters. The Hall–Kier alpha value is -2.33. The first kappa shape index (κ1) is 15.9. The highest BCUT2D eigenvalue weighted by molar-refractivity contribution is 9.10. The maximum Gasteiger partial charge on any atom is 0.173 e. The van der Waals surface area contributed by atoms with Crippen LogP contribution in [0, 0.1) is 5.92 Å². The lowest BCUT2D eigenvalue weighted by Crippen LogP contribution is -2.33. The van der Waals surface area contributed by atoms with Crippen LogP contribution in [0.4, 0.5) is 0 Å². The van der Waals surface area contributed by atoms with E-state index in [0.717, 1.165) is 51.0 Å². The number of Topliss-reactive ketones (excluding diaryl/α,β-unsaturated/α-hetero) is 2. The molecule has 0 amide bonds. The number of ketones is 2. The minimum Gasteiger partial charge on any atom is -0.294 e. The number of halogens is 1. The summed E-state index contributed by atoms with van der Waals surface area (Å²) in [6.07, 6.45) is 2.19. The fraction of sp³-hybridized carbons (Fsp3) is 0.227. The molecule has 26 heavy (non-hydrogen) atoms. The third-order valence-electron chi connectivity index (χ3n) is 5.60. The van der Waals surface area contributed by atoms with Gasteiger partial charge in [-0.15, -0.1) is 0 Å². The van der Waals surface area contributed by atoms with Gasteiger partial charge in [-0.2, -0.15) is 0 Å². The molecule has 2 aliphatic carbocycles. The van der Waals surface area contributed by atoms with Crippen molar-refractivity contribution in [2.75, 3.05) is 0 Å². The van der Waals surface area contributed by atoms with Crippen LogP contribution in [-0.2, 0) is 4.79 Å². The predicted molar refractivity (Wildman–Crippen MR) is 104 cm³/mol. The van der Waals surface area contributed by atoms with Crippen molar-refractivity contribution in [2.24, 2.45) is 10.9 Å². The van der Waals surface area contributed by atoms with E-state index in [4.69, 9.17) is 4.99 Å². The Morgan fingerprint density at radius 3 is 2.38 bits per heavy atom. The lowest BCUT2D eigenvalue weighted by molar-refractivity contribution is -0.116. The Morgan fingerprint density at radius 1 is 0.885 bits per heavy atom. The van der Waals surface area contributed by atoms with Crippen molar-refractivity contribution in [3.63, 3.8) is 0 Å². The van der Waals surface area contributed by atoms with Crippen LogP contribution in [0.5, 0.6) is 0 Å². The van der Waals surface area contributed by atoms with Crippen molar-refractivity contribution >= 4 is 33.2 Å². The zero-order valence-electron chi connectivity index (χ0n) is 14.0. The molecule has 128 valence electrons. The average molecular weight is 406 g/mol. The number of hydrogen-bond acceptors (Lipinski definition) is 3. The van der Waals surface area contributed by atoms with Gasteiger partial charge in [-0.25, -0.2) is 0 Å². The van der Waals surface area contributed by atoms with Crippen LogP contribution in [0.15, 0.2) is 69.3 Å². The van der Waals surface area contributed by atoms with Crippen LogP contribution in [0.1, 0.15) is 46.7 Å². The van der Waals surface area contributed by atoms with E-state index in [9.17, 15) is 9.59 Å². The van der Waals surface area contributed by atoms with Crippen molar-refractivity contribution in [2.45, 2.75) is 25.2 Å². The lowest BCUT2D eigenvalue weighted by Gasteiger charge is -2.33. The molecular weight excluding hydrogens is 390 g/mol. The largest absolute Gasteiger partial charge is 0.294 e. The van der Waals surface area contributed by atoms with Gasteiger partial charge >= 0.3 is 0 Å². The van der Waals surface area contributed by atoms with Crippen molar-refractivity contribution < 1.29 is 9.59 Å². The van der Waals surface area contributed by atoms with Gasteiger partial charge in [0.05, 0.1) is 11.6 Å². The van der Waals surface area contributed by atoms with Gasteiger partial charge in [0.2, 0.25) is 0 Å². The SMILES string of the molecule is O=C1CCCC2=C1[C@H](c1ccc(Br)cc1)[C@H]1C(=O)c3ccccc3C1=N2. The van der Waals surface area contributed by atoms with Gasteiger partial charge in [0, 0.05) is 39.2 Å². The summed E-state index contributed by atoms with van der Waals surface area (Å²) >= 11 is 3.47. The van der Waals surface area contributed by atoms with E-state index in [1.807, 2.05) is 48.5 Å².